The third-order valence-electron chi connectivity index (χ3n) is 4.10. The zero-order chi connectivity index (χ0) is 16.6. The maximum atomic E-state index is 13.7. The van der Waals surface area contributed by atoms with E-state index >= 15 is 0 Å². The van der Waals surface area contributed by atoms with E-state index in [9.17, 15) is 14.0 Å². The maximum Gasteiger partial charge on any atom is 0.305 e. The number of imidazole rings is 1. The number of likely N-dealkylation sites (tertiary alicyclic amines) is 1. The predicted octanol–water partition coefficient (Wildman–Crippen LogP) is 1.41. The summed E-state index contributed by atoms with van der Waals surface area (Å²) in [6.07, 6.45) is 1.42. The van der Waals surface area contributed by atoms with E-state index in [-0.39, 0.29) is 24.6 Å². The molecule has 2 heterocycles. The molecule has 3 rings (SSSR count). The van der Waals surface area contributed by atoms with Gasteiger partial charge in [0.2, 0.25) is 0 Å². The molecule has 0 saturated carbocycles. The molecule has 2 unspecified atom stereocenters. The minimum absolute atomic E-state index is 0.119. The first kappa shape index (κ1) is 15.4. The molecule has 1 amide bonds. The highest BCUT2D eigenvalue weighted by Crippen LogP contribution is 2.27. The fraction of sp³-hybridized carbons (Fsp3) is 0.400. The van der Waals surface area contributed by atoms with E-state index in [1.165, 1.54) is 24.4 Å². The van der Waals surface area contributed by atoms with E-state index in [2.05, 4.69) is 9.97 Å². The number of amides is 1. The van der Waals surface area contributed by atoms with Crippen LogP contribution in [0, 0.1) is 5.82 Å². The molecule has 1 aliphatic rings. The summed E-state index contributed by atoms with van der Waals surface area (Å²) in [7, 11) is 1.52. The van der Waals surface area contributed by atoms with Crippen molar-refractivity contribution in [1.82, 2.24) is 14.9 Å². The van der Waals surface area contributed by atoms with Crippen LogP contribution in [0.15, 0.2) is 18.5 Å². The van der Waals surface area contributed by atoms with Crippen molar-refractivity contribution >= 4 is 22.9 Å². The molecule has 2 atom stereocenters. The maximum absolute atomic E-state index is 13.7. The van der Waals surface area contributed by atoms with Gasteiger partial charge in [0.25, 0.3) is 5.91 Å². The molecule has 2 N–H and O–H groups in total. The molecule has 1 aromatic heterocycles. The SMILES string of the molecule is COC1CC(CC(=O)O)N(C(=O)c2cc(F)cc3[nH]cnc23)C1. The number of halogens is 1. The monoisotopic (exact) mass is 321 g/mol. The molecular formula is C15H16FN3O4. The van der Waals surface area contributed by atoms with Gasteiger partial charge in [-0.05, 0) is 18.6 Å². The van der Waals surface area contributed by atoms with Crippen LogP contribution in [0.1, 0.15) is 23.2 Å². The Bertz CT molecular complexity index is 760. The van der Waals surface area contributed by atoms with Gasteiger partial charge in [0.15, 0.2) is 0 Å². The Morgan fingerprint density at radius 3 is 3.00 bits per heavy atom. The number of nitrogens with zero attached hydrogens (tertiary/aromatic N) is 2. The number of benzene rings is 1. The van der Waals surface area contributed by atoms with Crippen molar-refractivity contribution in [2.45, 2.75) is 25.0 Å². The second kappa shape index (κ2) is 5.96. The fourth-order valence-electron chi connectivity index (χ4n) is 3.02. The van der Waals surface area contributed by atoms with Crippen LogP contribution in [0.3, 0.4) is 0 Å². The van der Waals surface area contributed by atoms with Crippen LogP contribution in [0.2, 0.25) is 0 Å². The van der Waals surface area contributed by atoms with Crippen LogP contribution < -0.4 is 0 Å². The lowest BCUT2D eigenvalue weighted by Gasteiger charge is -2.23. The summed E-state index contributed by atoms with van der Waals surface area (Å²) in [4.78, 5) is 32.1. The molecule has 122 valence electrons. The van der Waals surface area contributed by atoms with E-state index in [0.29, 0.717) is 17.5 Å². The van der Waals surface area contributed by atoms with Gasteiger partial charge in [-0.25, -0.2) is 9.37 Å². The van der Waals surface area contributed by atoms with Crippen molar-refractivity contribution in [2.24, 2.45) is 0 Å². The zero-order valence-corrected chi connectivity index (χ0v) is 12.5. The van der Waals surface area contributed by atoms with Gasteiger partial charge in [-0.15, -0.1) is 0 Å². The van der Waals surface area contributed by atoms with Crippen LogP contribution in [0.4, 0.5) is 4.39 Å². The van der Waals surface area contributed by atoms with Crippen molar-refractivity contribution in [2.75, 3.05) is 13.7 Å². The minimum atomic E-state index is -0.992. The average Bonchev–Trinajstić information content (AvgIpc) is 3.11. The van der Waals surface area contributed by atoms with Gasteiger partial charge in [-0.3, -0.25) is 9.59 Å². The van der Waals surface area contributed by atoms with Crippen LogP contribution in [0.25, 0.3) is 11.0 Å². The lowest BCUT2D eigenvalue weighted by atomic mass is 10.1. The van der Waals surface area contributed by atoms with E-state index in [0.717, 1.165) is 6.07 Å². The summed E-state index contributed by atoms with van der Waals surface area (Å²) < 4.78 is 19.0. The fourth-order valence-corrected chi connectivity index (χ4v) is 3.02. The number of methoxy groups -OCH3 is 1. The molecule has 0 aliphatic carbocycles. The number of hydrogen-bond donors (Lipinski definition) is 2. The van der Waals surface area contributed by atoms with Gasteiger partial charge in [0, 0.05) is 19.7 Å². The molecule has 23 heavy (non-hydrogen) atoms. The van der Waals surface area contributed by atoms with E-state index in [1.54, 1.807) is 0 Å². The molecule has 0 spiro atoms. The predicted molar refractivity (Wildman–Crippen MR) is 78.5 cm³/mol. The first-order valence-electron chi connectivity index (χ1n) is 7.17. The average molecular weight is 321 g/mol. The zero-order valence-electron chi connectivity index (χ0n) is 12.5. The number of nitrogens with one attached hydrogen (secondary N) is 1. The van der Waals surface area contributed by atoms with Crippen molar-refractivity contribution in [3.8, 4) is 0 Å². The number of carboxylic acids is 1. The lowest BCUT2D eigenvalue weighted by molar-refractivity contribution is -0.137. The normalized spacial score (nSPS) is 21.0. The lowest BCUT2D eigenvalue weighted by Crippen LogP contribution is -2.37. The largest absolute Gasteiger partial charge is 0.481 e. The van der Waals surface area contributed by atoms with Crippen LogP contribution >= 0.6 is 0 Å². The topological polar surface area (TPSA) is 95.5 Å². The molecule has 8 heteroatoms. The molecule has 1 aliphatic heterocycles. The molecule has 1 fully saturated rings. The number of aromatic amines is 1. The molecule has 0 bridgehead atoms. The number of rotatable bonds is 4. The number of carbonyl (C=O) groups is 2. The first-order valence-corrected chi connectivity index (χ1v) is 7.17. The Kier molecular flexibility index (Phi) is 3.99. The molecule has 1 aromatic carbocycles. The Hall–Kier alpha value is -2.48. The van der Waals surface area contributed by atoms with Crippen molar-refractivity contribution in [3.63, 3.8) is 0 Å². The standard InChI is InChI=1S/C15H16FN3O4/c1-23-10-4-9(5-13(20)21)19(6-10)15(22)11-2-8(16)3-12-14(11)18-7-17-12/h2-3,7,9-10H,4-6H2,1H3,(H,17,18)(H,20,21). The number of fused-ring (bicyclic) bond motifs is 1. The Morgan fingerprint density at radius 2 is 2.30 bits per heavy atom. The van der Waals surface area contributed by atoms with E-state index < -0.39 is 23.7 Å². The van der Waals surface area contributed by atoms with Crippen molar-refractivity contribution < 1.29 is 23.8 Å². The molecule has 0 radical (unpaired) electrons. The van der Waals surface area contributed by atoms with E-state index in [1.807, 2.05) is 0 Å². The summed E-state index contributed by atoms with van der Waals surface area (Å²) in [6, 6.07) is 1.90. The molecular weight excluding hydrogens is 305 g/mol. The number of carboxylic acid groups (broad SMARTS) is 1. The number of H-pyrrole nitrogens is 1. The molecule has 2 aromatic rings. The highest BCUT2D eigenvalue weighted by Gasteiger charge is 2.37. The third kappa shape index (κ3) is 2.89. The number of aliphatic carboxylic acids is 1. The summed E-state index contributed by atoms with van der Waals surface area (Å²) in [5.41, 5.74) is 0.908. The van der Waals surface area contributed by atoms with Crippen LogP contribution in [-0.4, -0.2) is 57.7 Å². The summed E-state index contributed by atoms with van der Waals surface area (Å²) >= 11 is 0. The number of aromatic nitrogens is 2. The minimum Gasteiger partial charge on any atom is -0.481 e. The summed E-state index contributed by atoms with van der Waals surface area (Å²) in [5.74, 6) is -1.98. The highest BCUT2D eigenvalue weighted by atomic mass is 19.1. The Balaban J connectivity index is 1.96. The molecule has 7 nitrogen and oxygen atoms in total. The first-order chi connectivity index (χ1) is 11.0. The van der Waals surface area contributed by atoms with Crippen LogP contribution in [0.5, 0.6) is 0 Å². The molecule has 1 saturated heterocycles. The second-order valence-corrected chi connectivity index (χ2v) is 5.55. The highest BCUT2D eigenvalue weighted by molar-refractivity contribution is 6.05. The summed E-state index contributed by atoms with van der Waals surface area (Å²) in [6.45, 7) is 0.274. The number of ether oxygens (including phenoxy) is 1. The third-order valence-corrected chi connectivity index (χ3v) is 4.10. The Morgan fingerprint density at radius 1 is 1.52 bits per heavy atom. The van der Waals surface area contributed by atoms with Gasteiger partial charge in [0.05, 0.1) is 29.9 Å². The van der Waals surface area contributed by atoms with Gasteiger partial charge in [0.1, 0.15) is 11.3 Å². The van der Waals surface area contributed by atoms with E-state index in [4.69, 9.17) is 9.84 Å². The smallest absolute Gasteiger partial charge is 0.305 e. The van der Waals surface area contributed by atoms with Gasteiger partial charge in [-0.2, -0.15) is 0 Å². The number of carbonyl (C=O) groups excluding carboxylic acids is 1. The van der Waals surface area contributed by atoms with Gasteiger partial charge >= 0.3 is 5.97 Å². The van der Waals surface area contributed by atoms with Gasteiger partial charge in [-0.1, -0.05) is 0 Å². The van der Waals surface area contributed by atoms with Gasteiger partial charge < -0.3 is 19.7 Å². The second-order valence-electron chi connectivity index (χ2n) is 5.55. The van der Waals surface area contributed by atoms with Crippen molar-refractivity contribution in [1.29, 1.82) is 0 Å². The quantitative estimate of drug-likeness (QED) is 0.887. The van der Waals surface area contributed by atoms with Crippen molar-refractivity contribution in [3.05, 3.63) is 29.8 Å². The van der Waals surface area contributed by atoms with Crippen LogP contribution in [-0.2, 0) is 9.53 Å². The Labute approximate surface area is 131 Å². The number of hydrogen-bond acceptors (Lipinski definition) is 4. The summed E-state index contributed by atoms with van der Waals surface area (Å²) in [5, 5.41) is 9.03.